The van der Waals surface area contributed by atoms with Gasteiger partial charge in [-0.15, -0.1) is 0 Å². The van der Waals surface area contributed by atoms with Gasteiger partial charge < -0.3 is 10.6 Å². The molecule has 22 heavy (non-hydrogen) atoms. The van der Waals surface area contributed by atoms with Gasteiger partial charge in [0.05, 0.1) is 17.1 Å². The van der Waals surface area contributed by atoms with E-state index in [9.17, 15) is 9.59 Å². The van der Waals surface area contributed by atoms with E-state index >= 15 is 0 Å². The molecule has 0 aliphatic heterocycles. The van der Waals surface area contributed by atoms with E-state index in [-0.39, 0.29) is 0 Å². The number of aryl methyl sites for hydroxylation is 2. The zero-order valence-corrected chi connectivity index (χ0v) is 13.2. The van der Waals surface area contributed by atoms with Crippen LogP contribution in [0.5, 0.6) is 0 Å². The highest BCUT2D eigenvalue weighted by Crippen LogP contribution is 2.42. The lowest BCUT2D eigenvalue weighted by Gasteiger charge is -2.18. The number of carbonyl (C=O) groups is 2. The SMILES string of the molecule is Cc1nn(C)c(C)c1NC(=O)C(=O)NC[C@H]1C[C@@H]2C=C[C@H]1C2. The Morgan fingerprint density at radius 3 is 2.59 bits per heavy atom. The van der Waals surface area contributed by atoms with Crippen LogP contribution < -0.4 is 10.6 Å². The summed E-state index contributed by atoms with van der Waals surface area (Å²) < 4.78 is 1.68. The molecule has 1 saturated carbocycles. The Morgan fingerprint density at radius 1 is 1.27 bits per heavy atom. The lowest BCUT2D eigenvalue weighted by molar-refractivity contribution is -0.136. The summed E-state index contributed by atoms with van der Waals surface area (Å²) in [5.41, 5.74) is 2.15. The van der Waals surface area contributed by atoms with Gasteiger partial charge in [0.1, 0.15) is 0 Å². The van der Waals surface area contributed by atoms with Crippen LogP contribution in [0.1, 0.15) is 24.2 Å². The second-order valence-electron chi connectivity index (χ2n) is 6.37. The molecule has 0 aromatic carbocycles. The molecule has 6 nitrogen and oxygen atoms in total. The fourth-order valence-electron chi connectivity index (χ4n) is 3.56. The van der Waals surface area contributed by atoms with Crippen LogP contribution in [0.4, 0.5) is 5.69 Å². The number of nitrogens with zero attached hydrogens (tertiary/aromatic N) is 2. The van der Waals surface area contributed by atoms with Gasteiger partial charge >= 0.3 is 11.8 Å². The minimum Gasteiger partial charge on any atom is -0.348 e. The van der Waals surface area contributed by atoms with E-state index in [2.05, 4.69) is 27.9 Å². The van der Waals surface area contributed by atoms with Crippen molar-refractivity contribution in [2.24, 2.45) is 24.8 Å². The Morgan fingerprint density at radius 2 is 2.05 bits per heavy atom. The van der Waals surface area contributed by atoms with Crippen LogP contribution in [0.3, 0.4) is 0 Å². The number of carbonyl (C=O) groups excluding carboxylic acids is 2. The average Bonchev–Trinajstić information content (AvgIpc) is 3.16. The van der Waals surface area contributed by atoms with Crippen LogP contribution in [0.25, 0.3) is 0 Å². The summed E-state index contributed by atoms with van der Waals surface area (Å²) in [7, 11) is 1.81. The molecule has 6 heteroatoms. The first-order valence-electron chi connectivity index (χ1n) is 7.73. The molecule has 2 amide bonds. The highest BCUT2D eigenvalue weighted by Gasteiger charge is 2.35. The van der Waals surface area contributed by atoms with Crippen molar-refractivity contribution in [2.75, 3.05) is 11.9 Å². The van der Waals surface area contributed by atoms with Gasteiger partial charge in [0.25, 0.3) is 0 Å². The largest absolute Gasteiger partial charge is 0.348 e. The van der Waals surface area contributed by atoms with Crippen molar-refractivity contribution in [3.05, 3.63) is 23.5 Å². The first kappa shape index (κ1) is 14.8. The van der Waals surface area contributed by atoms with E-state index in [0.29, 0.717) is 35.7 Å². The average molecular weight is 302 g/mol. The zero-order chi connectivity index (χ0) is 15.9. The molecule has 1 aromatic heterocycles. The highest BCUT2D eigenvalue weighted by atomic mass is 16.2. The highest BCUT2D eigenvalue weighted by molar-refractivity contribution is 6.39. The molecule has 3 atom stereocenters. The second kappa shape index (κ2) is 5.59. The molecule has 2 N–H and O–H groups in total. The van der Waals surface area contributed by atoms with Crippen LogP contribution in [0.2, 0.25) is 0 Å². The van der Waals surface area contributed by atoms with Gasteiger partial charge in [0.15, 0.2) is 0 Å². The van der Waals surface area contributed by atoms with E-state index in [0.717, 1.165) is 12.1 Å². The van der Waals surface area contributed by atoms with Crippen molar-refractivity contribution in [1.29, 1.82) is 0 Å². The smallest absolute Gasteiger partial charge is 0.313 e. The number of fused-ring (bicyclic) bond motifs is 2. The van der Waals surface area contributed by atoms with Crippen molar-refractivity contribution < 1.29 is 9.59 Å². The summed E-state index contributed by atoms with van der Waals surface area (Å²) in [4.78, 5) is 24.0. The van der Waals surface area contributed by atoms with E-state index in [1.165, 1.54) is 6.42 Å². The van der Waals surface area contributed by atoms with Crippen molar-refractivity contribution in [3.63, 3.8) is 0 Å². The first-order valence-corrected chi connectivity index (χ1v) is 7.73. The third-order valence-corrected chi connectivity index (χ3v) is 4.89. The molecule has 1 heterocycles. The normalized spacial score (nSPS) is 25.5. The predicted molar refractivity (Wildman–Crippen MR) is 83.2 cm³/mol. The third-order valence-electron chi connectivity index (χ3n) is 4.89. The quantitative estimate of drug-likeness (QED) is 0.653. The third kappa shape index (κ3) is 2.65. The van der Waals surface area contributed by atoms with Gasteiger partial charge in [0.2, 0.25) is 0 Å². The minimum absolute atomic E-state index is 0.466. The molecule has 0 spiro atoms. The Bertz CT molecular complexity index is 647. The number of hydrogen-bond donors (Lipinski definition) is 2. The number of nitrogens with one attached hydrogen (secondary N) is 2. The van der Waals surface area contributed by atoms with Crippen LogP contribution in [-0.2, 0) is 16.6 Å². The summed E-state index contributed by atoms with van der Waals surface area (Å²) in [6.07, 6.45) is 6.82. The molecule has 2 bridgehead atoms. The summed E-state index contributed by atoms with van der Waals surface area (Å²) in [5.74, 6) is 0.499. The first-order chi connectivity index (χ1) is 10.5. The molecule has 0 saturated heterocycles. The second-order valence-corrected chi connectivity index (χ2v) is 6.37. The van der Waals surface area contributed by atoms with E-state index < -0.39 is 11.8 Å². The minimum atomic E-state index is -0.627. The van der Waals surface area contributed by atoms with Gasteiger partial charge in [-0.2, -0.15) is 5.10 Å². The number of aromatic nitrogens is 2. The van der Waals surface area contributed by atoms with Crippen LogP contribution >= 0.6 is 0 Å². The molecule has 0 unspecified atom stereocenters. The molecule has 1 fully saturated rings. The molecule has 0 radical (unpaired) electrons. The maximum absolute atomic E-state index is 12.0. The lowest BCUT2D eigenvalue weighted by Crippen LogP contribution is -2.39. The predicted octanol–water partition coefficient (Wildman–Crippen LogP) is 1.30. The van der Waals surface area contributed by atoms with Crippen molar-refractivity contribution in [2.45, 2.75) is 26.7 Å². The van der Waals surface area contributed by atoms with E-state index in [4.69, 9.17) is 0 Å². The monoisotopic (exact) mass is 302 g/mol. The molecular formula is C16H22N4O2. The summed E-state index contributed by atoms with van der Waals surface area (Å²) in [5, 5.41) is 9.64. The van der Waals surface area contributed by atoms with Crippen LogP contribution in [-0.4, -0.2) is 28.1 Å². The zero-order valence-electron chi connectivity index (χ0n) is 13.2. The maximum atomic E-state index is 12.0. The van der Waals surface area contributed by atoms with Crippen LogP contribution in [0.15, 0.2) is 12.2 Å². The maximum Gasteiger partial charge on any atom is 0.313 e. The molecule has 2 aliphatic rings. The fraction of sp³-hybridized carbons (Fsp3) is 0.562. The lowest BCUT2D eigenvalue weighted by atomic mass is 9.94. The molecule has 2 aliphatic carbocycles. The number of allylic oxidation sites excluding steroid dienone is 2. The number of rotatable bonds is 3. The Balaban J connectivity index is 1.54. The van der Waals surface area contributed by atoms with Gasteiger partial charge in [-0.05, 0) is 44.4 Å². The van der Waals surface area contributed by atoms with Crippen molar-refractivity contribution >= 4 is 17.5 Å². The van der Waals surface area contributed by atoms with Crippen LogP contribution in [0, 0.1) is 31.6 Å². The molecule has 3 rings (SSSR count). The standard InChI is InChI=1S/C16H22N4O2/c1-9-14(10(2)20(3)19-9)18-16(22)15(21)17-8-13-7-11-4-5-12(13)6-11/h4-5,11-13H,6-8H2,1-3H3,(H,17,21)(H,18,22)/t11-,12+,13-/m1/s1. The fourth-order valence-corrected chi connectivity index (χ4v) is 3.56. The number of hydrogen-bond acceptors (Lipinski definition) is 3. The van der Waals surface area contributed by atoms with Gasteiger partial charge in [0, 0.05) is 13.6 Å². The van der Waals surface area contributed by atoms with Crippen molar-refractivity contribution in [3.8, 4) is 0 Å². The van der Waals surface area contributed by atoms with E-state index in [1.807, 2.05) is 13.8 Å². The van der Waals surface area contributed by atoms with Gasteiger partial charge in [-0.1, -0.05) is 12.2 Å². The van der Waals surface area contributed by atoms with Crippen molar-refractivity contribution in [1.82, 2.24) is 15.1 Å². The molecular weight excluding hydrogens is 280 g/mol. The van der Waals surface area contributed by atoms with Gasteiger partial charge in [-0.3, -0.25) is 14.3 Å². The number of amides is 2. The Labute approximate surface area is 130 Å². The topological polar surface area (TPSA) is 76.0 Å². The Kier molecular flexibility index (Phi) is 3.76. The molecule has 118 valence electrons. The molecule has 1 aromatic rings. The summed E-state index contributed by atoms with van der Waals surface area (Å²) in [6.45, 7) is 4.24. The summed E-state index contributed by atoms with van der Waals surface area (Å²) in [6, 6.07) is 0. The summed E-state index contributed by atoms with van der Waals surface area (Å²) >= 11 is 0. The number of anilines is 1. The Hall–Kier alpha value is -2.11. The van der Waals surface area contributed by atoms with Gasteiger partial charge in [-0.25, -0.2) is 0 Å². The van der Waals surface area contributed by atoms with E-state index in [1.54, 1.807) is 11.7 Å².